The number of hydrogen-bond acceptors (Lipinski definition) is 5. The first-order valence-corrected chi connectivity index (χ1v) is 10.7. The topological polar surface area (TPSA) is 100 Å². The first-order valence-electron chi connectivity index (χ1n) is 10.7. The molecule has 2 fully saturated rings. The van der Waals surface area contributed by atoms with Gasteiger partial charge in [-0.15, -0.1) is 5.10 Å². The zero-order valence-electron chi connectivity index (χ0n) is 18.0. The Morgan fingerprint density at radius 3 is 2.77 bits per heavy atom. The van der Waals surface area contributed by atoms with Crippen molar-refractivity contribution >= 4 is 29.1 Å². The predicted molar refractivity (Wildman–Crippen MR) is 115 cm³/mol. The molecule has 1 N–H and O–H groups in total. The molecular formula is C22H28N6O3. The second kappa shape index (κ2) is 8.49. The van der Waals surface area contributed by atoms with Gasteiger partial charge in [0.2, 0.25) is 17.7 Å². The highest BCUT2D eigenvalue weighted by Crippen LogP contribution is 2.32. The summed E-state index contributed by atoms with van der Waals surface area (Å²) in [7, 11) is 0. The fourth-order valence-electron chi connectivity index (χ4n) is 4.30. The van der Waals surface area contributed by atoms with Gasteiger partial charge < -0.3 is 15.1 Å². The second-order valence-electron chi connectivity index (χ2n) is 8.69. The standard InChI is InChI=1S/C22H28N6O3/c1-16-13-27(25-24-16)14-20(30)26-10-5-9-22(2,15-26)21(31)23-17-6-3-7-18(12-17)28-11-4-8-19(28)29/h3,6-7,12-13H,4-5,8-11,14-15H2,1-2H3,(H,23,31)/t22-/m0/s1. The molecule has 1 atom stereocenters. The van der Waals surface area contributed by atoms with Crippen LogP contribution in [0.15, 0.2) is 30.5 Å². The lowest BCUT2D eigenvalue weighted by molar-refractivity contribution is -0.139. The van der Waals surface area contributed by atoms with E-state index in [1.165, 1.54) is 4.68 Å². The maximum absolute atomic E-state index is 13.2. The van der Waals surface area contributed by atoms with Gasteiger partial charge in [-0.05, 0) is 51.3 Å². The van der Waals surface area contributed by atoms with Gasteiger partial charge in [-0.1, -0.05) is 11.3 Å². The summed E-state index contributed by atoms with van der Waals surface area (Å²) < 4.78 is 1.52. The molecule has 0 bridgehead atoms. The van der Waals surface area contributed by atoms with Crippen LogP contribution in [-0.4, -0.2) is 57.2 Å². The van der Waals surface area contributed by atoms with Crippen molar-refractivity contribution in [3.63, 3.8) is 0 Å². The number of rotatable bonds is 5. The number of nitrogens with one attached hydrogen (secondary N) is 1. The van der Waals surface area contributed by atoms with Crippen LogP contribution in [0, 0.1) is 12.3 Å². The van der Waals surface area contributed by atoms with Gasteiger partial charge in [-0.2, -0.15) is 0 Å². The molecule has 2 saturated heterocycles. The van der Waals surface area contributed by atoms with Crippen molar-refractivity contribution in [1.82, 2.24) is 19.9 Å². The molecule has 9 nitrogen and oxygen atoms in total. The van der Waals surface area contributed by atoms with E-state index in [9.17, 15) is 14.4 Å². The Labute approximate surface area is 181 Å². The summed E-state index contributed by atoms with van der Waals surface area (Å²) in [6, 6.07) is 7.39. The van der Waals surface area contributed by atoms with E-state index in [1.54, 1.807) is 16.0 Å². The smallest absolute Gasteiger partial charge is 0.244 e. The van der Waals surface area contributed by atoms with Gasteiger partial charge in [0, 0.05) is 43.6 Å². The van der Waals surface area contributed by atoms with Crippen molar-refractivity contribution in [2.75, 3.05) is 29.9 Å². The largest absolute Gasteiger partial charge is 0.340 e. The van der Waals surface area contributed by atoms with Crippen LogP contribution in [0.4, 0.5) is 11.4 Å². The third kappa shape index (κ3) is 4.60. The number of aryl methyl sites for hydroxylation is 1. The Morgan fingerprint density at radius 1 is 1.23 bits per heavy atom. The van der Waals surface area contributed by atoms with Crippen molar-refractivity contribution in [3.05, 3.63) is 36.2 Å². The SMILES string of the molecule is Cc1cn(CC(=O)N2CCC[C@](C)(C(=O)Nc3cccc(N4CCCC4=O)c3)C2)nn1. The summed E-state index contributed by atoms with van der Waals surface area (Å²) >= 11 is 0. The van der Waals surface area contributed by atoms with E-state index >= 15 is 0 Å². The second-order valence-corrected chi connectivity index (χ2v) is 8.69. The van der Waals surface area contributed by atoms with Crippen LogP contribution in [0.1, 0.15) is 38.3 Å². The molecule has 4 rings (SSSR count). The van der Waals surface area contributed by atoms with E-state index < -0.39 is 5.41 Å². The van der Waals surface area contributed by atoms with Crippen LogP contribution >= 0.6 is 0 Å². The molecule has 164 valence electrons. The summed E-state index contributed by atoms with van der Waals surface area (Å²) in [6.45, 7) is 5.53. The number of likely N-dealkylation sites (tertiary alicyclic amines) is 1. The molecule has 3 amide bonds. The molecule has 0 saturated carbocycles. The Bertz CT molecular complexity index is 1000. The first-order chi connectivity index (χ1) is 14.8. The third-order valence-electron chi connectivity index (χ3n) is 6.04. The normalized spacial score (nSPS) is 21.4. The van der Waals surface area contributed by atoms with Gasteiger partial charge in [0.05, 0.1) is 11.1 Å². The fraction of sp³-hybridized carbons (Fsp3) is 0.500. The van der Waals surface area contributed by atoms with E-state index in [0.717, 1.165) is 24.2 Å². The summed E-state index contributed by atoms with van der Waals surface area (Å²) in [6.07, 6.45) is 4.60. The van der Waals surface area contributed by atoms with Crippen molar-refractivity contribution in [2.24, 2.45) is 5.41 Å². The Hall–Kier alpha value is -3.23. The highest BCUT2D eigenvalue weighted by Gasteiger charge is 2.39. The molecule has 31 heavy (non-hydrogen) atoms. The van der Waals surface area contributed by atoms with Crippen LogP contribution in [0.5, 0.6) is 0 Å². The lowest BCUT2D eigenvalue weighted by atomic mass is 9.80. The first kappa shape index (κ1) is 21.0. The van der Waals surface area contributed by atoms with Crippen molar-refractivity contribution in [3.8, 4) is 0 Å². The average molecular weight is 425 g/mol. The molecule has 1 aromatic heterocycles. The quantitative estimate of drug-likeness (QED) is 0.791. The molecule has 0 unspecified atom stereocenters. The van der Waals surface area contributed by atoms with Crippen LogP contribution < -0.4 is 10.2 Å². The van der Waals surface area contributed by atoms with E-state index in [-0.39, 0.29) is 24.3 Å². The number of nitrogens with zero attached hydrogens (tertiary/aromatic N) is 5. The zero-order chi connectivity index (χ0) is 22.0. The third-order valence-corrected chi connectivity index (χ3v) is 6.04. The lowest BCUT2D eigenvalue weighted by Crippen LogP contribution is -2.50. The number of aromatic nitrogens is 3. The molecule has 0 aliphatic carbocycles. The lowest BCUT2D eigenvalue weighted by Gasteiger charge is -2.39. The maximum Gasteiger partial charge on any atom is 0.244 e. The van der Waals surface area contributed by atoms with Crippen molar-refractivity contribution in [1.29, 1.82) is 0 Å². The molecular weight excluding hydrogens is 396 g/mol. The molecule has 3 heterocycles. The van der Waals surface area contributed by atoms with Gasteiger partial charge >= 0.3 is 0 Å². The van der Waals surface area contributed by atoms with Gasteiger partial charge in [0.1, 0.15) is 6.54 Å². The molecule has 2 aliphatic rings. The minimum Gasteiger partial charge on any atom is -0.340 e. The Kier molecular flexibility index (Phi) is 5.75. The summed E-state index contributed by atoms with van der Waals surface area (Å²) in [5, 5.41) is 10.8. The fourth-order valence-corrected chi connectivity index (χ4v) is 4.30. The highest BCUT2D eigenvalue weighted by molar-refractivity contribution is 5.98. The molecule has 0 radical (unpaired) electrons. The predicted octanol–water partition coefficient (Wildman–Crippen LogP) is 1.98. The van der Waals surface area contributed by atoms with Crippen molar-refractivity contribution < 1.29 is 14.4 Å². The summed E-state index contributed by atoms with van der Waals surface area (Å²) in [5.74, 6) is -0.0795. The number of hydrogen-bond donors (Lipinski definition) is 1. The Morgan fingerprint density at radius 2 is 2.06 bits per heavy atom. The molecule has 0 spiro atoms. The van der Waals surface area contributed by atoms with Gasteiger partial charge in [0.25, 0.3) is 0 Å². The Balaban J connectivity index is 1.41. The van der Waals surface area contributed by atoms with E-state index in [1.807, 2.05) is 38.1 Å². The monoisotopic (exact) mass is 424 g/mol. The average Bonchev–Trinajstić information content (AvgIpc) is 3.36. The van der Waals surface area contributed by atoms with E-state index in [0.29, 0.717) is 38.2 Å². The maximum atomic E-state index is 13.2. The summed E-state index contributed by atoms with van der Waals surface area (Å²) in [5.41, 5.74) is 1.53. The van der Waals surface area contributed by atoms with Gasteiger partial charge in [-0.3, -0.25) is 14.4 Å². The summed E-state index contributed by atoms with van der Waals surface area (Å²) in [4.78, 5) is 41.4. The van der Waals surface area contributed by atoms with Crippen LogP contribution in [0.3, 0.4) is 0 Å². The van der Waals surface area contributed by atoms with Crippen LogP contribution in [0.2, 0.25) is 0 Å². The molecule has 1 aromatic carbocycles. The molecule has 2 aliphatic heterocycles. The van der Waals surface area contributed by atoms with E-state index in [4.69, 9.17) is 0 Å². The van der Waals surface area contributed by atoms with Gasteiger partial charge in [0.15, 0.2) is 0 Å². The zero-order valence-corrected chi connectivity index (χ0v) is 18.0. The molecule has 2 aromatic rings. The van der Waals surface area contributed by atoms with E-state index in [2.05, 4.69) is 15.6 Å². The number of carbonyl (C=O) groups excluding carboxylic acids is 3. The highest BCUT2D eigenvalue weighted by atomic mass is 16.2. The minimum absolute atomic E-state index is 0.0711. The molecule has 9 heteroatoms. The number of carbonyl (C=O) groups is 3. The number of piperidine rings is 1. The number of anilines is 2. The number of amides is 3. The minimum atomic E-state index is -0.689. The number of benzene rings is 1. The van der Waals surface area contributed by atoms with Crippen molar-refractivity contribution in [2.45, 2.75) is 46.1 Å². The van der Waals surface area contributed by atoms with Gasteiger partial charge in [-0.25, -0.2) is 4.68 Å². The van der Waals surface area contributed by atoms with Crippen LogP contribution in [-0.2, 0) is 20.9 Å². The van der Waals surface area contributed by atoms with Crippen LogP contribution in [0.25, 0.3) is 0 Å².